The van der Waals surface area contributed by atoms with Gasteiger partial charge in [0.1, 0.15) is 11.3 Å². The molecule has 0 bridgehead atoms. The molecule has 0 atom stereocenters. The molecule has 0 aliphatic heterocycles. The van der Waals surface area contributed by atoms with Crippen LogP contribution in [0.15, 0.2) is 89.3 Å². The maximum absolute atomic E-state index is 10.9. The largest absolute Gasteiger partial charge is 0.506 e. The van der Waals surface area contributed by atoms with Gasteiger partial charge in [-0.05, 0) is 22.2 Å². The zero-order valence-electron chi connectivity index (χ0n) is 14.9. The fraction of sp³-hybridized carbons (Fsp3) is 0. The van der Waals surface area contributed by atoms with E-state index < -0.39 is 0 Å². The Kier molecular flexibility index (Phi) is 3.03. The lowest BCUT2D eigenvalue weighted by Gasteiger charge is -2.04. The van der Waals surface area contributed by atoms with Crippen LogP contribution in [0.4, 0.5) is 0 Å². The van der Waals surface area contributed by atoms with Crippen molar-refractivity contribution in [2.75, 3.05) is 0 Å². The number of hydrogen-bond acceptors (Lipinski definition) is 3. The van der Waals surface area contributed by atoms with Crippen molar-refractivity contribution in [3.8, 4) is 17.2 Å². The minimum Gasteiger partial charge on any atom is -0.506 e. The molecule has 0 fully saturated rings. The summed E-state index contributed by atoms with van der Waals surface area (Å²) in [5, 5.41) is 17.0. The van der Waals surface area contributed by atoms with E-state index in [4.69, 9.17) is 9.40 Å². The summed E-state index contributed by atoms with van der Waals surface area (Å²) in [6, 6.07) is 28.0. The molecule has 0 amide bonds. The normalized spacial score (nSPS) is 11.7. The summed E-state index contributed by atoms with van der Waals surface area (Å²) < 4.78 is 6.23. The smallest absolute Gasteiger partial charge is 0.231 e. The SMILES string of the molecule is Oc1c(-c2nc3c4ccccc4c4ccccc4c3o2)ccc2ccccc12. The summed E-state index contributed by atoms with van der Waals surface area (Å²) in [6.45, 7) is 0. The molecule has 0 unspecified atom stereocenters. The van der Waals surface area contributed by atoms with Crippen LogP contribution in [-0.4, -0.2) is 10.1 Å². The van der Waals surface area contributed by atoms with E-state index in [2.05, 4.69) is 24.3 Å². The highest BCUT2D eigenvalue weighted by molar-refractivity contribution is 6.22. The van der Waals surface area contributed by atoms with Crippen molar-refractivity contribution in [1.29, 1.82) is 0 Å². The van der Waals surface area contributed by atoms with Gasteiger partial charge in [0.25, 0.3) is 0 Å². The number of nitrogens with zero attached hydrogens (tertiary/aromatic N) is 1. The van der Waals surface area contributed by atoms with Crippen molar-refractivity contribution in [3.63, 3.8) is 0 Å². The molecule has 0 aliphatic rings. The predicted octanol–water partition coefficient (Wildman–Crippen LogP) is 6.66. The van der Waals surface area contributed by atoms with Gasteiger partial charge in [0.15, 0.2) is 5.58 Å². The fourth-order valence-electron chi connectivity index (χ4n) is 4.07. The van der Waals surface area contributed by atoms with Crippen molar-refractivity contribution in [1.82, 2.24) is 4.98 Å². The first-order valence-electron chi connectivity index (χ1n) is 9.22. The van der Waals surface area contributed by atoms with E-state index in [1.54, 1.807) is 0 Å². The Morgan fingerprint density at radius 2 is 1.21 bits per heavy atom. The molecular formula is C25H15NO2. The molecule has 28 heavy (non-hydrogen) atoms. The molecule has 5 aromatic carbocycles. The molecule has 0 saturated carbocycles. The first-order chi connectivity index (χ1) is 13.8. The van der Waals surface area contributed by atoms with Gasteiger partial charge < -0.3 is 9.52 Å². The molecular weight excluding hydrogens is 346 g/mol. The van der Waals surface area contributed by atoms with Crippen molar-refractivity contribution >= 4 is 43.4 Å². The monoisotopic (exact) mass is 361 g/mol. The number of phenolic OH excluding ortho intramolecular Hbond substituents is 1. The van der Waals surface area contributed by atoms with Crippen LogP contribution in [0.1, 0.15) is 0 Å². The lowest BCUT2D eigenvalue weighted by Crippen LogP contribution is -1.82. The van der Waals surface area contributed by atoms with Crippen LogP contribution in [0.2, 0.25) is 0 Å². The summed E-state index contributed by atoms with van der Waals surface area (Å²) in [5.41, 5.74) is 2.16. The molecule has 6 rings (SSSR count). The number of rotatable bonds is 1. The summed E-state index contributed by atoms with van der Waals surface area (Å²) in [4.78, 5) is 4.80. The van der Waals surface area contributed by atoms with Gasteiger partial charge >= 0.3 is 0 Å². The Labute approximate surface area is 160 Å². The molecule has 0 radical (unpaired) electrons. The topological polar surface area (TPSA) is 46.3 Å². The van der Waals surface area contributed by atoms with Crippen LogP contribution < -0.4 is 0 Å². The van der Waals surface area contributed by atoms with Crippen molar-refractivity contribution in [2.24, 2.45) is 0 Å². The predicted molar refractivity (Wildman–Crippen MR) is 114 cm³/mol. The third-order valence-corrected chi connectivity index (χ3v) is 5.40. The molecule has 1 aromatic heterocycles. The second-order valence-electron chi connectivity index (χ2n) is 6.97. The van der Waals surface area contributed by atoms with E-state index in [0.717, 1.165) is 43.4 Å². The first-order valence-corrected chi connectivity index (χ1v) is 9.22. The fourth-order valence-corrected chi connectivity index (χ4v) is 4.07. The zero-order chi connectivity index (χ0) is 18.7. The van der Waals surface area contributed by atoms with Crippen LogP contribution in [0.3, 0.4) is 0 Å². The summed E-state index contributed by atoms with van der Waals surface area (Å²) >= 11 is 0. The van der Waals surface area contributed by atoms with Crippen LogP contribution in [0.25, 0.3) is 54.9 Å². The Morgan fingerprint density at radius 3 is 2.00 bits per heavy atom. The first kappa shape index (κ1) is 15.2. The van der Waals surface area contributed by atoms with Gasteiger partial charge in [-0.3, -0.25) is 0 Å². The van der Waals surface area contributed by atoms with Gasteiger partial charge in [0, 0.05) is 16.2 Å². The standard InChI is InChI=1S/C25H15NO2/c27-23-16-8-2-1-7-15(16)13-14-21(23)25-26-22-19-11-5-3-9-17(19)18-10-4-6-12-20(18)24(22)28-25/h1-14,27H. The lowest BCUT2D eigenvalue weighted by atomic mass is 10.0. The summed E-state index contributed by atoms with van der Waals surface area (Å²) in [5.74, 6) is 0.623. The van der Waals surface area contributed by atoms with Crippen LogP contribution in [0.5, 0.6) is 5.75 Å². The van der Waals surface area contributed by atoms with Gasteiger partial charge in [-0.25, -0.2) is 4.98 Å². The summed E-state index contributed by atoms with van der Waals surface area (Å²) in [7, 11) is 0. The average molecular weight is 361 g/mol. The highest BCUT2D eigenvalue weighted by atomic mass is 16.3. The van der Waals surface area contributed by atoms with E-state index in [-0.39, 0.29) is 5.75 Å². The van der Waals surface area contributed by atoms with Crippen LogP contribution in [0, 0.1) is 0 Å². The van der Waals surface area contributed by atoms with E-state index >= 15 is 0 Å². The van der Waals surface area contributed by atoms with E-state index in [0.29, 0.717) is 11.5 Å². The number of hydrogen-bond donors (Lipinski definition) is 1. The molecule has 3 nitrogen and oxygen atoms in total. The highest BCUT2D eigenvalue weighted by Gasteiger charge is 2.18. The quantitative estimate of drug-likeness (QED) is 0.333. The zero-order valence-corrected chi connectivity index (χ0v) is 14.9. The van der Waals surface area contributed by atoms with E-state index in [9.17, 15) is 5.11 Å². The van der Waals surface area contributed by atoms with Crippen LogP contribution in [-0.2, 0) is 0 Å². The van der Waals surface area contributed by atoms with Gasteiger partial charge in [-0.1, -0.05) is 78.9 Å². The number of oxazole rings is 1. The second-order valence-corrected chi connectivity index (χ2v) is 6.97. The third kappa shape index (κ3) is 2.01. The Balaban J connectivity index is 1.74. The average Bonchev–Trinajstić information content (AvgIpc) is 3.20. The number of benzene rings is 5. The Bertz CT molecular complexity index is 1460. The van der Waals surface area contributed by atoms with Crippen LogP contribution >= 0.6 is 0 Å². The molecule has 132 valence electrons. The number of fused-ring (bicyclic) bond motifs is 7. The lowest BCUT2D eigenvalue weighted by molar-refractivity contribution is 0.480. The maximum Gasteiger partial charge on any atom is 0.231 e. The molecule has 0 spiro atoms. The number of phenols is 1. The second kappa shape index (κ2) is 5.57. The molecule has 1 N–H and O–H groups in total. The minimum atomic E-state index is 0.193. The number of aromatic nitrogens is 1. The summed E-state index contributed by atoms with van der Waals surface area (Å²) in [6.07, 6.45) is 0. The van der Waals surface area contributed by atoms with Crippen molar-refractivity contribution in [3.05, 3.63) is 84.9 Å². The molecule has 3 heteroatoms. The Morgan fingerprint density at radius 1 is 0.607 bits per heavy atom. The molecule has 0 aliphatic carbocycles. The van der Waals surface area contributed by atoms with Gasteiger partial charge in [-0.2, -0.15) is 0 Å². The molecule has 6 aromatic rings. The third-order valence-electron chi connectivity index (χ3n) is 5.40. The van der Waals surface area contributed by atoms with E-state index in [1.807, 2.05) is 60.7 Å². The highest BCUT2D eigenvalue weighted by Crippen LogP contribution is 2.40. The van der Waals surface area contributed by atoms with E-state index in [1.165, 1.54) is 0 Å². The van der Waals surface area contributed by atoms with Gasteiger partial charge in [-0.15, -0.1) is 0 Å². The van der Waals surface area contributed by atoms with Gasteiger partial charge in [0.2, 0.25) is 5.89 Å². The Hall–Kier alpha value is -3.85. The number of aromatic hydroxyl groups is 1. The minimum absolute atomic E-state index is 0.193. The van der Waals surface area contributed by atoms with Crippen molar-refractivity contribution in [2.45, 2.75) is 0 Å². The molecule has 1 heterocycles. The maximum atomic E-state index is 10.9. The molecule has 0 saturated heterocycles. The van der Waals surface area contributed by atoms with Crippen molar-refractivity contribution < 1.29 is 9.52 Å². The van der Waals surface area contributed by atoms with Gasteiger partial charge in [0.05, 0.1) is 5.56 Å².